The Kier molecular flexibility index (Phi) is 5.93. The van der Waals surface area contributed by atoms with Crippen LogP contribution >= 0.6 is 0 Å². The predicted octanol–water partition coefficient (Wildman–Crippen LogP) is 12.2. The van der Waals surface area contributed by atoms with Gasteiger partial charge in [-0.3, -0.25) is 9.59 Å². The highest BCUT2D eigenvalue weighted by Gasteiger charge is 2.19. The molecule has 0 aliphatic carbocycles. The standard InChI is InChI=1S/C48H26O4/c49-46-37-19-22-44-45(47(50)41-26-30(17-20-42(41)51-44)39-24-28-10-2-4-12-32(28)34-14-6-8-16-36(34)39)48(37)52-43-21-18-29(25-40(43)46)38-23-27-9-1-3-11-31(27)33-13-5-7-15-35(33)38/h1-26H. The minimum Gasteiger partial charge on any atom is -0.456 e. The Bertz CT molecular complexity index is 3460. The van der Waals surface area contributed by atoms with E-state index in [0.29, 0.717) is 32.9 Å². The van der Waals surface area contributed by atoms with Crippen molar-refractivity contribution in [3.63, 3.8) is 0 Å². The highest BCUT2D eigenvalue weighted by Crippen LogP contribution is 2.38. The van der Waals surface area contributed by atoms with Crippen LogP contribution in [0.5, 0.6) is 0 Å². The summed E-state index contributed by atoms with van der Waals surface area (Å²) in [6.07, 6.45) is 0. The largest absolute Gasteiger partial charge is 0.456 e. The van der Waals surface area contributed by atoms with Crippen molar-refractivity contribution in [3.05, 3.63) is 178 Å². The fourth-order valence-electron chi connectivity index (χ4n) is 8.17. The molecule has 2 heterocycles. The average molecular weight is 667 g/mol. The SMILES string of the molecule is O=c1c2cc(-c3cc4ccccc4c4ccccc34)ccc2oc2c1ccc1oc3ccc(-c4cc5ccccc5c5ccccc45)cc3c(=O)c12. The normalized spacial score (nSPS) is 12.0. The summed E-state index contributed by atoms with van der Waals surface area (Å²) in [6, 6.07) is 52.6. The molecule has 2 aromatic heterocycles. The van der Waals surface area contributed by atoms with Crippen molar-refractivity contribution in [2.75, 3.05) is 0 Å². The molecule has 4 heteroatoms. The van der Waals surface area contributed by atoms with E-state index in [-0.39, 0.29) is 21.8 Å². The second-order valence-corrected chi connectivity index (χ2v) is 13.5. The first-order valence-corrected chi connectivity index (χ1v) is 17.3. The van der Waals surface area contributed by atoms with Gasteiger partial charge in [-0.2, -0.15) is 0 Å². The molecule has 0 unspecified atom stereocenters. The Morgan fingerprint density at radius 1 is 0.327 bits per heavy atom. The zero-order chi connectivity index (χ0) is 34.5. The van der Waals surface area contributed by atoms with Gasteiger partial charge < -0.3 is 8.83 Å². The minimum absolute atomic E-state index is 0.194. The van der Waals surface area contributed by atoms with Gasteiger partial charge in [0, 0.05) is 0 Å². The molecule has 0 amide bonds. The zero-order valence-electron chi connectivity index (χ0n) is 27.6. The Balaban J connectivity index is 1.13. The maximum Gasteiger partial charge on any atom is 0.204 e. The van der Waals surface area contributed by atoms with Crippen molar-refractivity contribution < 1.29 is 8.83 Å². The monoisotopic (exact) mass is 666 g/mol. The molecular weight excluding hydrogens is 641 g/mol. The van der Waals surface area contributed by atoms with Gasteiger partial charge in [0.15, 0.2) is 5.58 Å². The minimum atomic E-state index is -0.240. The second kappa shape index (κ2) is 10.7. The first-order chi connectivity index (χ1) is 25.6. The number of hydrogen-bond acceptors (Lipinski definition) is 4. The molecule has 52 heavy (non-hydrogen) atoms. The van der Waals surface area contributed by atoms with E-state index >= 15 is 0 Å². The summed E-state index contributed by atoms with van der Waals surface area (Å²) in [6.45, 7) is 0. The van der Waals surface area contributed by atoms with Crippen LogP contribution in [-0.2, 0) is 0 Å². The third kappa shape index (κ3) is 4.09. The molecule has 0 saturated carbocycles. The van der Waals surface area contributed by atoms with E-state index in [4.69, 9.17) is 8.83 Å². The molecule has 0 N–H and O–H groups in total. The van der Waals surface area contributed by atoms with E-state index < -0.39 is 0 Å². The number of rotatable bonds is 2. The first-order valence-electron chi connectivity index (χ1n) is 17.3. The molecular formula is C48H26O4. The lowest BCUT2D eigenvalue weighted by atomic mass is 9.92. The van der Waals surface area contributed by atoms with Crippen LogP contribution < -0.4 is 10.9 Å². The predicted molar refractivity (Wildman–Crippen MR) is 214 cm³/mol. The van der Waals surface area contributed by atoms with Gasteiger partial charge in [-0.25, -0.2) is 0 Å². The van der Waals surface area contributed by atoms with Crippen LogP contribution in [0.2, 0.25) is 0 Å². The van der Waals surface area contributed by atoms with E-state index in [1.807, 2.05) is 60.7 Å². The summed E-state index contributed by atoms with van der Waals surface area (Å²) in [5.41, 5.74) is 4.94. The maximum absolute atomic E-state index is 14.5. The summed E-state index contributed by atoms with van der Waals surface area (Å²) in [4.78, 5) is 28.7. The van der Waals surface area contributed by atoms with E-state index in [9.17, 15) is 9.59 Å². The molecule has 0 radical (unpaired) electrons. The van der Waals surface area contributed by atoms with Crippen LogP contribution in [-0.4, -0.2) is 0 Å². The topological polar surface area (TPSA) is 60.4 Å². The van der Waals surface area contributed by atoms with Crippen molar-refractivity contribution in [3.8, 4) is 22.3 Å². The molecule has 0 bridgehead atoms. The molecule has 0 saturated heterocycles. The average Bonchev–Trinajstić information content (AvgIpc) is 3.20. The van der Waals surface area contributed by atoms with Gasteiger partial charge in [-0.1, -0.05) is 109 Å². The van der Waals surface area contributed by atoms with Crippen LogP contribution in [0.25, 0.3) is 109 Å². The van der Waals surface area contributed by atoms with Crippen molar-refractivity contribution in [1.29, 1.82) is 0 Å². The highest BCUT2D eigenvalue weighted by molar-refractivity contribution is 6.16. The summed E-state index contributed by atoms with van der Waals surface area (Å²) in [7, 11) is 0. The number of fused-ring (bicyclic) bond motifs is 11. The van der Waals surface area contributed by atoms with Gasteiger partial charge in [0.1, 0.15) is 22.1 Å². The van der Waals surface area contributed by atoms with Crippen molar-refractivity contribution >= 4 is 87.0 Å². The van der Waals surface area contributed by atoms with Crippen molar-refractivity contribution in [2.24, 2.45) is 0 Å². The Hall–Kier alpha value is -7.04. The molecule has 11 rings (SSSR count). The fourth-order valence-corrected chi connectivity index (χ4v) is 8.17. The third-order valence-corrected chi connectivity index (χ3v) is 10.6. The van der Waals surface area contributed by atoms with Crippen molar-refractivity contribution in [1.82, 2.24) is 0 Å². The van der Waals surface area contributed by atoms with Gasteiger partial charge in [0.2, 0.25) is 10.9 Å². The Morgan fingerprint density at radius 2 is 0.788 bits per heavy atom. The number of benzene rings is 9. The van der Waals surface area contributed by atoms with Gasteiger partial charge in [-0.15, -0.1) is 0 Å². The van der Waals surface area contributed by atoms with Crippen LogP contribution in [0, 0.1) is 0 Å². The molecule has 242 valence electrons. The van der Waals surface area contributed by atoms with Crippen LogP contribution in [0.3, 0.4) is 0 Å². The van der Waals surface area contributed by atoms with E-state index in [2.05, 4.69) is 84.9 Å². The Morgan fingerprint density at radius 3 is 1.37 bits per heavy atom. The summed E-state index contributed by atoms with van der Waals surface area (Å²) in [5.74, 6) is 0. The smallest absolute Gasteiger partial charge is 0.204 e. The number of hydrogen-bond donors (Lipinski definition) is 0. The Labute approximate surface area is 295 Å². The molecule has 0 aliphatic rings. The third-order valence-electron chi connectivity index (χ3n) is 10.6. The summed E-state index contributed by atoms with van der Waals surface area (Å²) in [5, 5.41) is 10.6. The lowest BCUT2D eigenvalue weighted by Crippen LogP contribution is -2.07. The van der Waals surface area contributed by atoms with Gasteiger partial charge >= 0.3 is 0 Å². The van der Waals surface area contributed by atoms with Gasteiger partial charge in [0.25, 0.3) is 0 Å². The second-order valence-electron chi connectivity index (χ2n) is 13.5. The van der Waals surface area contributed by atoms with Crippen LogP contribution in [0.15, 0.2) is 176 Å². The van der Waals surface area contributed by atoms with Crippen LogP contribution in [0.1, 0.15) is 0 Å². The first kappa shape index (κ1) is 28.8. The molecule has 4 nitrogen and oxygen atoms in total. The van der Waals surface area contributed by atoms with Gasteiger partial charge in [0.05, 0.1) is 16.2 Å². The van der Waals surface area contributed by atoms with E-state index in [1.165, 1.54) is 10.8 Å². The fraction of sp³-hybridized carbons (Fsp3) is 0. The van der Waals surface area contributed by atoms with E-state index in [0.717, 1.165) is 54.6 Å². The lowest BCUT2D eigenvalue weighted by Gasteiger charge is -2.12. The molecule has 11 aromatic rings. The summed E-state index contributed by atoms with van der Waals surface area (Å²) < 4.78 is 12.8. The molecule has 0 spiro atoms. The maximum atomic E-state index is 14.5. The molecule has 0 aliphatic heterocycles. The van der Waals surface area contributed by atoms with E-state index in [1.54, 1.807) is 12.1 Å². The highest BCUT2D eigenvalue weighted by atomic mass is 16.3. The molecule has 0 fully saturated rings. The molecule has 9 aromatic carbocycles. The zero-order valence-corrected chi connectivity index (χ0v) is 27.6. The summed E-state index contributed by atoms with van der Waals surface area (Å²) >= 11 is 0. The van der Waals surface area contributed by atoms with Crippen LogP contribution in [0.4, 0.5) is 0 Å². The van der Waals surface area contributed by atoms with Gasteiger partial charge in [-0.05, 0) is 114 Å². The molecule has 0 atom stereocenters. The lowest BCUT2D eigenvalue weighted by molar-refractivity contribution is 0.649. The van der Waals surface area contributed by atoms with Crippen molar-refractivity contribution in [2.45, 2.75) is 0 Å². The quantitative estimate of drug-likeness (QED) is 0.136.